The number of ether oxygens (including phenoxy) is 1. The van der Waals surface area contributed by atoms with E-state index >= 15 is 0 Å². The minimum Gasteiger partial charge on any atom is -0.508 e. The first kappa shape index (κ1) is 25.1. The number of carbonyl (C=O) groups excluding carboxylic acids is 2. The first-order chi connectivity index (χ1) is 17.3. The van der Waals surface area contributed by atoms with E-state index in [1.165, 1.54) is 30.2 Å². The molecule has 0 spiro atoms. The average molecular weight is 507 g/mol. The van der Waals surface area contributed by atoms with Crippen molar-refractivity contribution in [2.75, 3.05) is 30.0 Å². The van der Waals surface area contributed by atoms with Crippen molar-refractivity contribution in [2.45, 2.75) is 19.9 Å². The number of ketones is 1. The van der Waals surface area contributed by atoms with Crippen molar-refractivity contribution in [3.8, 4) is 11.5 Å². The van der Waals surface area contributed by atoms with E-state index < -0.39 is 17.7 Å². The Morgan fingerprint density at radius 1 is 1.03 bits per heavy atom. The summed E-state index contributed by atoms with van der Waals surface area (Å²) in [7, 11) is 1.47. The molecular weight excluding hydrogens is 480 g/mol. The smallest absolute Gasteiger partial charge is 0.300 e. The molecule has 36 heavy (non-hydrogen) atoms. The maximum absolute atomic E-state index is 13.3. The van der Waals surface area contributed by atoms with E-state index in [1.807, 2.05) is 12.1 Å². The van der Waals surface area contributed by atoms with E-state index in [4.69, 9.17) is 16.3 Å². The van der Waals surface area contributed by atoms with E-state index in [0.29, 0.717) is 17.0 Å². The third-order valence-corrected chi connectivity index (χ3v) is 6.61. The number of phenols is 1. The van der Waals surface area contributed by atoms with Crippen molar-refractivity contribution in [3.05, 3.63) is 88.5 Å². The molecule has 1 atom stereocenters. The van der Waals surface area contributed by atoms with E-state index in [-0.39, 0.29) is 27.7 Å². The Morgan fingerprint density at radius 2 is 1.72 bits per heavy atom. The molecule has 1 unspecified atom stereocenters. The Kier molecular flexibility index (Phi) is 7.22. The average Bonchev–Trinajstić information content (AvgIpc) is 3.15. The van der Waals surface area contributed by atoms with Gasteiger partial charge in [-0.25, -0.2) is 0 Å². The zero-order valence-corrected chi connectivity index (χ0v) is 21.0. The van der Waals surface area contributed by atoms with Crippen LogP contribution in [0.25, 0.3) is 5.76 Å². The normalized spacial score (nSPS) is 16.9. The predicted octanol–water partition coefficient (Wildman–Crippen LogP) is 5.53. The largest absolute Gasteiger partial charge is 0.508 e. The van der Waals surface area contributed by atoms with Crippen LogP contribution in [0.1, 0.15) is 31.0 Å². The van der Waals surface area contributed by atoms with Gasteiger partial charge in [-0.15, -0.1) is 0 Å². The molecule has 0 radical (unpaired) electrons. The number of aliphatic hydroxyl groups is 1. The molecule has 1 amide bonds. The fourth-order valence-corrected chi connectivity index (χ4v) is 4.75. The maximum Gasteiger partial charge on any atom is 0.300 e. The topological polar surface area (TPSA) is 90.3 Å². The summed E-state index contributed by atoms with van der Waals surface area (Å²) in [6.07, 6.45) is 0. The lowest BCUT2D eigenvalue weighted by Crippen LogP contribution is -2.29. The molecule has 0 bridgehead atoms. The van der Waals surface area contributed by atoms with E-state index in [2.05, 4.69) is 18.7 Å². The van der Waals surface area contributed by atoms with Crippen molar-refractivity contribution < 1.29 is 24.5 Å². The lowest BCUT2D eigenvalue weighted by molar-refractivity contribution is -0.132. The molecule has 3 aromatic rings. The second-order valence-electron chi connectivity index (χ2n) is 8.30. The number of carbonyl (C=O) groups is 2. The summed E-state index contributed by atoms with van der Waals surface area (Å²) in [5.74, 6) is -1.59. The number of nitrogens with zero attached hydrogens (tertiary/aromatic N) is 2. The van der Waals surface area contributed by atoms with Crippen molar-refractivity contribution in [2.24, 2.45) is 0 Å². The number of aliphatic hydroxyl groups excluding tert-OH is 1. The van der Waals surface area contributed by atoms with Crippen molar-refractivity contribution in [3.63, 3.8) is 0 Å². The minimum atomic E-state index is -0.961. The fraction of sp³-hybridized carbons (Fsp3) is 0.214. The summed E-state index contributed by atoms with van der Waals surface area (Å²) in [6.45, 7) is 5.77. The SMILES string of the molecule is CCN(CC)c1ccc(N2C(=O)C(=O)/C(=C(\O)c3ccc(OC)c(Cl)c3)C2c2cccc(O)c2)cc1. The van der Waals surface area contributed by atoms with Gasteiger partial charge in [0.15, 0.2) is 0 Å². The van der Waals surface area contributed by atoms with Crippen LogP contribution < -0.4 is 14.5 Å². The molecule has 7 nitrogen and oxygen atoms in total. The van der Waals surface area contributed by atoms with Gasteiger partial charge in [-0.1, -0.05) is 23.7 Å². The number of rotatable bonds is 7. The first-order valence-corrected chi connectivity index (χ1v) is 12.0. The molecule has 1 fully saturated rings. The van der Waals surface area contributed by atoms with Crippen LogP contribution in [0.4, 0.5) is 11.4 Å². The molecular formula is C28H27ClN2O5. The van der Waals surface area contributed by atoms with Crippen molar-refractivity contribution in [1.29, 1.82) is 0 Å². The number of hydrogen-bond donors (Lipinski definition) is 2. The van der Waals surface area contributed by atoms with Gasteiger partial charge in [0.2, 0.25) is 0 Å². The number of aromatic hydroxyl groups is 1. The van der Waals surface area contributed by atoms with Crippen LogP contribution >= 0.6 is 11.6 Å². The lowest BCUT2D eigenvalue weighted by atomic mass is 9.95. The van der Waals surface area contributed by atoms with Gasteiger partial charge < -0.3 is 19.8 Å². The number of anilines is 2. The van der Waals surface area contributed by atoms with Crippen LogP contribution in [-0.4, -0.2) is 42.1 Å². The molecule has 4 rings (SSSR count). The van der Waals surface area contributed by atoms with Gasteiger partial charge in [-0.3, -0.25) is 14.5 Å². The lowest BCUT2D eigenvalue weighted by Gasteiger charge is -2.27. The number of benzene rings is 3. The summed E-state index contributed by atoms with van der Waals surface area (Å²) >= 11 is 6.25. The Balaban J connectivity index is 1.88. The maximum atomic E-state index is 13.3. The summed E-state index contributed by atoms with van der Waals surface area (Å²) in [6, 6.07) is 17.3. The van der Waals surface area contributed by atoms with E-state index in [1.54, 1.807) is 36.4 Å². The van der Waals surface area contributed by atoms with Gasteiger partial charge in [0, 0.05) is 30.0 Å². The predicted molar refractivity (Wildman–Crippen MR) is 141 cm³/mol. The van der Waals surface area contributed by atoms with Crippen LogP contribution in [-0.2, 0) is 9.59 Å². The number of phenolic OH excluding ortho intramolecular Hbond substituents is 1. The number of amides is 1. The molecule has 1 aliphatic heterocycles. The number of methoxy groups -OCH3 is 1. The van der Waals surface area contributed by atoms with Gasteiger partial charge in [-0.2, -0.15) is 0 Å². The molecule has 1 heterocycles. The molecule has 1 saturated heterocycles. The highest BCUT2D eigenvalue weighted by Crippen LogP contribution is 2.43. The highest BCUT2D eigenvalue weighted by atomic mass is 35.5. The second-order valence-corrected chi connectivity index (χ2v) is 8.71. The molecule has 8 heteroatoms. The number of halogens is 1. The third kappa shape index (κ3) is 4.50. The standard InChI is InChI=1S/C28H27ClN2O5/c1-4-30(5-2)19-10-12-20(13-11-19)31-25(17-7-6-8-21(32)15-17)24(27(34)28(31)35)26(33)18-9-14-23(36-3)22(29)16-18/h6-16,25,32-33H,4-5H2,1-3H3/b26-24-. The molecule has 2 N–H and O–H groups in total. The molecule has 0 saturated carbocycles. The Labute approximate surface area is 214 Å². The Morgan fingerprint density at radius 3 is 2.31 bits per heavy atom. The third-order valence-electron chi connectivity index (χ3n) is 6.31. The zero-order valence-electron chi connectivity index (χ0n) is 20.2. The summed E-state index contributed by atoms with van der Waals surface area (Å²) in [5.41, 5.74) is 2.12. The highest BCUT2D eigenvalue weighted by Gasteiger charge is 2.47. The van der Waals surface area contributed by atoms with Crippen LogP contribution in [0.5, 0.6) is 11.5 Å². The second kappa shape index (κ2) is 10.3. The monoisotopic (exact) mass is 506 g/mol. The van der Waals surface area contributed by atoms with Crippen molar-refractivity contribution in [1.82, 2.24) is 0 Å². The number of Topliss-reactive ketones (excluding diaryl/α,β-unsaturated/α-hetero) is 1. The summed E-state index contributed by atoms with van der Waals surface area (Å²) in [4.78, 5) is 30.2. The van der Waals surface area contributed by atoms with Gasteiger partial charge in [0.25, 0.3) is 11.7 Å². The molecule has 0 aromatic heterocycles. The Hall–Kier alpha value is -3.97. The molecule has 186 valence electrons. The fourth-order valence-electron chi connectivity index (χ4n) is 4.49. The van der Waals surface area contributed by atoms with Gasteiger partial charge in [0.1, 0.15) is 17.3 Å². The molecule has 0 aliphatic carbocycles. The van der Waals surface area contributed by atoms with Crippen LogP contribution in [0.2, 0.25) is 5.02 Å². The van der Waals surface area contributed by atoms with Gasteiger partial charge in [-0.05, 0) is 74.0 Å². The number of hydrogen-bond acceptors (Lipinski definition) is 6. The summed E-state index contributed by atoms with van der Waals surface area (Å²) in [5, 5.41) is 21.6. The molecule has 1 aliphatic rings. The summed E-state index contributed by atoms with van der Waals surface area (Å²) < 4.78 is 5.17. The first-order valence-electron chi connectivity index (χ1n) is 11.6. The van der Waals surface area contributed by atoms with Crippen LogP contribution in [0.15, 0.2) is 72.3 Å². The van der Waals surface area contributed by atoms with E-state index in [0.717, 1.165) is 18.8 Å². The van der Waals surface area contributed by atoms with E-state index in [9.17, 15) is 19.8 Å². The van der Waals surface area contributed by atoms with Gasteiger partial charge in [0.05, 0.1) is 23.7 Å². The Bertz CT molecular complexity index is 1330. The van der Waals surface area contributed by atoms with Gasteiger partial charge >= 0.3 is 0 Å². The van der Waals surface area contributed by atoms with Crippen LogP contribution in [0, 0.1) is 0 Å². The molecule has 3 aromatic carbocycles. The highest BCUT2D eigenvalue weighted by molar-refractivity contribution is 6.51. The quantitative estimate of drug-likeness (QED) is 0.249. The van der Waals surface area contributed by atoms with Crippen LogP contribution in [0.3, 0.4) is 0 Å². The van der Waals surface area contributed by atoms with Crippen molar-refractivity contribution >= 4 is 40.4 Å². The minimum absolute atomic E-state index is 0.0255. The zero-order chi connectivity index (χ0) is 26.0.